The van der Waals surface area contributed by atoms with Crippen LogP contribution in [0.2, 0.25) is 10.0 Å². The van der Waals surface area contributed by atoms with Gasteiger partial charge in [0.05, 0.1) is 16.4 Å². The molecule has 0 saturated carbocycles. The number of carbonyl (C=O) groups is 2. The molecule has 0 aliphatic heterocycles. The van der Waals surface area contributed by atoms with Crippen molar-refractivity contribution in [1.29, 1.82) is 0 Å². The Kier molecular flexibility index (Phi) is 8.87. The zero-order valence-corrected chi connectivity index (χ0v) is 21.9. The van der Waals surface area contributed by atoms with E-state index in [1.165, 1.54) is 11.8 Å². The predicted molar refractivity (Wildman–Crippen MR) is 138 cm³/mol. The molecule has 3 aromatic rings. The lowest BCUT2D eigenvalue weighted by molar-refractivity contribution is -0.139. The number of hydrogen-bond acceptors (Lipinski definition) is 4. The van der Waals surface area contributed by atoms with Gasteiger partial charge in [-0.3, -0.25) is 4.79 Å². The highest BCUT2D eigenvalue weighted by atomic mass is 79.9. The highest BCUT2D eigenvalue weighted by molar-refractivity contribution is 9.10. The number of nitrogens with zero attached hydrogens (tertiary/aromatic N) is 2. The number of nitrogens with one attached hydrogen (secondary N) is 1. The monoisotopic (exact) mass is 569 g/mol. The second-order valence-corrected chi connectivity index (χ2v) is 9.93. The van der Waals surface area contributed by atoms with E-state index in [2.05, 4.69) is 26.3 Å². The fourth-order valence-electron chi connectivity index (χ4n) is 3.42. The van der Waals surface area contributed by atoms with Gasteiger partial charge >= 0.3 is 5.97 Å². The van der Waals surface area contributed by atoms with Gasteiger partial charge in [0.25, 0.3) is 5.91 Å². The Bertz CT molecular complexity index is 1170. The SMILES string of the molecule is CCc1c(C(=O)N[C@@H](CCSC)C(=O)O)nn(-c2ccc(Cl)cc2Cl)c1-c1ccc(Br)cc1. The van der Waals surface area contributed by atoms with Crippen LogP contribution in [-0.4, -0.2) is 44.8 Å². The maximum atomic E-state index is 13.2. The van der Waals surface area contributed by atoms with Gasteiger partial charge in [0, 0.05) is 20.6 Å². The van der Waals surface area contributed by atoms with Gasteiger partial charge in [0.2, 0.25) is 0 Å². The number of amides is 1. The lowest BCUT2D eigenvalue weighted by Gasteiger charge is -2.13. The maximum Gasteiger partial charge on any atom is 0.326 e. The van der Waals surface area contributed by atoms with Crippen molar-refractivity contribution in [2.75, 3.05) is 12.0 Å². The Balaban J connectivity index is 2.16. The summed E-state index contributed by atoms with van der Waals surface area (Å²) < 4.78 is 2.53. The summed E-state index contributed by atoms with van der Waals surface area (Å²) >= 11 is 17.5. The Morgan fingerprint density at radius 3 is 2.48 bits per heavy atom. The molecule has 0 unspecified atom stereocenters. The van der Waals surface area contributed by atoms with E-state index in [9.17, 15) is 14.7 Å². The maximum absolute atomic E-state index is 13.2. The molecule has 0 bridgehead atoms. The zero-order valence-electron chi connectivity index (χ0n) is 17.9. The molecule has 10 heteroatoms. The number of rotatable bonds is 9. The third-order valence-electron chi connectivity index (χ3n) is 5.02. The summed E-state index contributed by atoms with van der Waals surface area (Å²) in [6.07, 6.45) is 2.70. The van der Waals surface area contributed by atoms with Crippen molar-refractivity contribution in [1.82, 2.24) is 15.1 Å². The standard InChI is InChI=1S/C23H22BrCl2N3O3S/c1-3-16-20(22(30)27-18(23(31)32)10-11-33-2)28-29(19-9-8-15(25)12-17(19)26)21(16)13-4-6-14(24)7-5-13/h4-9,12,18H,3,10-11H2,1-2H3,(H,27,30)(H,31,32)/t18-/m0/s1. The van der Waals surface area contributed by atoms with Gasteiger partial charge in [-0.25, -0.2) is 9.48 Å². The minimum Gasteiger partial charge on any atom is -0.480 e. The molecule has 1 amide bonds. The summed E-state index contributed by atoms with van der Waals surface area (Å²) in [6, 6.07) is 11.7. The normalized spacial score (nSPS) is 11.9. The molecular weight excluding hydrogens is 549 g/mol. The quantitative estimate of drug-likeness (QED) is 0.324. The average Bonchev–Trinajstić information content (AvgIpc) is 3.16. The van der Waals surface area contributed by atoms with Gasteiger partial charge in [0.1, 0.15) is 6.04 Å². The summed E-state index contributed by atoms with van der Waals surface area (Å²) in [6.45, 7) is 1.92. The van der Waals surface area contributed by atoms with Crippen molar-refractivity contribution in [2.24, 2.45) is 0 Å². The Hall–Kier alpha value is -2.00. The first-order valence-corrected chi connectivity index (χ1v) is 13.1. The van der Waals surface area contributed by atoms with Gasteiger partial charge < -0.3 is 10.4 Å². The molecule has 0 saturated heterocycles. The van der Waals surface area contributed by atoms with E-state index in [4.69, 9.17) is 23.2 Å². The smallest absolute Gasteiger partial charge is 0.326 e. The fraction of sp³-hybridized carbons (Fsp3) is 0.261. The Morgan fingerprint density at radius 1 is 1.21 bits per heavy atom. The second-order valence-electron chi connectivity index (χ2n) is 7.19. The molecule has 0 aliphatic rings. The van der Waals surface area contributed by atoms with E-state index in [1.807, 2.05) is 37.4 Å². The van der Waals surface area contributed by atoms with Crippen LogP contribution in [0, 0.1) is 0 Å². The van der Waals surface area contributed by atoms with Crippen molar-refractivity contribution in [2.45, 2.75) is 25.8 Å². The van der Waals surface area contributed by atoms with Crippen LogP contribution in [-0.2, 0) is 11.2 Å². The van der Waals surface area contributed by atoms with Gasteiger partial charge in [-0.1, -0.05) is 58.2 Å². The van der Waals surface area contributed by atoms with Gasteiger partial charge in [-0.15, -0.1) is 0 Å². The summed E-state index contributed by atoms with van der Waals surface area (Å²) in [4.78, 5) is 24.9. The number of hydrogen-bond donors (Lipinski definition) is 2. The molecule has 174 valence electrons. The molecule has 1 atom stereocenters. The van der Waals surface area contributed by atoms with Gasteiger partial charge in [-0.05, 0) is 55.2 Å². The first-order valence-electron chi connectivity index (χ1n) is 10.1. The Labute approximate surface area is 214 Å². The first kappa shape index (κ1) is 25.6. The molecule has 3 rings (SSSR count). The van der Waals surface area contributed by atoms with E-state index < -0.39 is 17.9 Å². The number of aromatic nitrogens is 2. The van der Waals surface area contributed by atoms with Gasteiger partial charge in [-0.2, -0.15) is 16.9 Å². The van der Waals surface area contributed by atoms with E-state index in [-0.39, 0.29) is 5.69 Å². The number of thioether (sulfide) groups is 1. The average molecular weight is 571 g/mol. The lowest BCUT2D eigenvalue weighted by atomic mass is 10.0. The Morgan fingerprint density at radius 2 is 1.91 bits per heavy atom. The number of benzene rings is 2. The molecule has 0 spiro atoms. The molecule has 2 aromatic carbocycles. The molecule has 6 nitrogen and oxygen atoms in total. The second kappa shape index (κ2) is 11.4. The van der Waals surface area contributed by atoms with Crippen molar-refractivity contribution < 1.29 is 14.7 Å². The molecule has 0 radical (unpaired) electrons. The summed E-state index contributed by atoms with van der Waals surface area (Å²) in [5, 5.41) is 17.6. The molecule has 0 fully saturated rings. The molecule has 1 heterocycles. The summed E-state index contributed by atoms with van der Waals surface area (Å²) in [7, 11) is 0. The van der Waals surface area contributed by atoms with Crippen LogP contribution < -0.4 is 5.32 Å². The zero-order chi connectivity index (χ0) is 24.1. The number of carboxylic acid groups (broad SMARTS) is 1. The van der Waals surface area contributed by atoms with E-state index >= 15 is 0 Å². The van der Waals surface area contributed by atoms with Crippen LogP contribution in [0.5, 0.6) is 0 Å². The number of carbonyl (C=O) groups excluding carboxylic acids is 1. The lowest BCUT2D eigenvalue weighted by Crippen LogP contribution is -2.41. The fourth-order valence-corrected chi connectivity index (χ4v) is 4.64. The topological polar surface area (TPSA) is 84.2 Å². The third-order valence-corrected chi connectivity index (χ3v) is 6.73. The van der Waals surface area contributed by atoms with Crippen molar-refractivity contribution in [3.63, 3.8) is 0 Å². The van der Waals surface area contributed by atoms with Crippen LogP contribution in [0.3, 0.4) is 0 Å². The first-order chi connectivity index (χ1) is 15.8. The largest absolute Gasteiger partial charge is 0.480 e. The summed E-state index contributed by atoms with van der Waals surface area (Å²) in [5.74, 6) is -1.01. The third kappa shape index (κ3) is 5.93. The minimum absolute atomic E-state index is 0.164. The molecule has 2 N–H and O–H groups in total. The van der Waals surface area contributed by atoms with Crippen molar-refractivity contribution in [3.05, 3.63) is 68.2 Å². The van der Waals surface area contributed by atoms with Crippen LogP contribution in [0.25, 0.3) is 16.9 Å². The number of halogens is 3. The van der Waals surface area contributed by atoms with Crippen LogP contribution in [0.1, 0.15) is 29.4 Å². The predicted octanol–water partition coefficient (Wildman–Crippen LogP) is 6.11. The molecule has 33 heavy (non-hydrogen) atoms. The van der Waals surface area contributed by atoms with Gasteiger partial charge in [0.15, 0.2) is 5.69 Å². The molecule has 0 aliphatic carbocycles. The van der Waals surface area contributed by atoms with E-state index in [1.54, 1.807) is 22.9 Å². The van der Waals surface area contributed by atoms with E-state index in [0.29, 0.717) is 45.6 Å². The molecular formula is C23H22BrCl2N3O3S. The minimum atomic E-state index is -1.08. The molecule has 1 aromatic heterocycles. The summed E-state index contributed by atoms with van der Waals surface area (Å²) in [5.41, 5.74) is 2.96. The van der Waals surface area contributed by atoms with Crippen LogP contribution in [0.4, 0.5) is 0 Å². The number of aliphatic carboxylic acids is 1. The van der Waals surface area contributed by atoms with E-state index in [0.717, 1.165) is 10.0 Å². The van der Waals surface area contributed by atoms with Crippen molar-refractivity contribution in [3.8, 4) is 16.9 Å². The highest BCUT2D eigenvalue weighted by Gasteiger charge is 2.28. The van der Waals surface area contributed by atoms with Crippen LogP contribution >= 0.6 is 50.9 Å². The number of carboxylic acids is 1. The highest BCUT2D eigenvalue weighted by Crippen LogP contribution is 2.34. The van der Waals surface area contributed by atoms with Crippen LogP contribution in [0.15, 0.2) is 46.9 Å². The van der Waals surface area contributed by atoms with Crippen molar-refractivity contribution >= 4 is 62.8 Å².